The highest BCUT2D eigenvalue weighted by Crippen LogP contribution is 2.23. The molecule has 0 spiro atoms. The van der Waals surface area contributed by atoms with Crippen LogP contribution in [0, 0.1) is 6.92 Å². The van der Waals surface area contributed by atoms with Gasteiger partial charge in [-0.15, -0.1) is 21.5 Å². The second kappa shape index (κ2) is 10.3. The van der Waals surface area contributed by atoms with Crippen LogP contribution in [0.5, 0.6) is 0 Å². The zero-order chi connectivity index (χ0) is 20.6. The van der Waals surface area contributed by atoms with Gasteiger partial charge < -0.3 is 19.4 Å². The van der Waals surface area contributed by atoms with Gasteiger partial charge >= 0.3 is 0 Å². The Kier molecular flexibility index (Phi) is 7.51. The van der Waals surface area contributed by atoms with Crippen molar-refractivity contribution in [2.75, 3.05) is 32.1 Å². The van der Waals surface area contributed by atoms with E-state index >= 15 is 0 Å². The summed E-state index contributed by atoms with van der Waals surface area (Å²) in [5, 5.41) is 13.3. The van der Waals surface area contributed by atoms with E-state index in [1.807, 2.05) is 42.6 Å². The maximum Gasteiger partial charge on any atom is 0.279 e. The minimum absolute atomic E-state index is 0.0434. The van der Waals surface area contributed by atoms with Gasteiger partial charge in [-0.1, -0.05) is 31.2 Å². The minimum atomic E-state index is -0.0434. The number of hydrogen-bond acceptors (Lipinski definition) is 6. The van der Waals surface area contributed by atoms with E-state index in [9.17, 15) is 4.79 Å². The Morgan fingerprint density at radius 1 is 1.28 bits per heavy atom. The lowest BCUT2D eigenvalue weighted by atomic mass is 10.1. The number of hydrogen-bond donors (Lipinski definition) is 2. The molecular weight excluding hydrogens is 388 g/mol. The molecule has 154 valence electrons. The first-order valence-corrected chi connectivity index (χ1v) is 10.6. The van der Waals surface area contributed by atoms with Gasteiger partial charge in [-0.3, -0.25) is 4.79 Å². The lowest BCUT2D eigenvalue weighted by Gasteiger charge is -2.18. The van der Waals surface area contributed by atoms with Gasteiger partial charge in [0.1, 0.15) is 6.54 Å². The molecule has 0 aliphatic rings. The Hall–Kier alpha value is -2.55. The molecule has 0 saturated heterocycles. The Bertz CT molecular complexity index is 924. The maximum absolute atomic E-state index is 12.8. The third-order valence-electron chi connectivity index (χ3n) is 4.67. The molecule has 0 bridgehead atoms. The van der Waals surface area contributed by atoms with Crippen molar-refractivity contribution < 1.29 is 18.8 Å². The number of aromatic nitrogens is 2. The molecule has 3 aromatic rings. The molecule has 3 rings (SSSR count). The molecule has 2 aromatic heterocycles. The Morgan fingerprint density at radius 3 is 2.86 bits per heavy atom. The van der Waals surface area contributed by atoms with Gasteiger partial charge in [0, 0.05) is 12.8 Å². The lowest BCUT2D eigenvalue weighted by Crippen LogP contribution is -3.12. The van der Waals surface area contributed by atoms with Crippen LogP contribution in [0.2, 0.25) is 0 Å². The molecule has 1 aromatic carbocycles. The number of thiophene rings is 1. The first-order chi connectivity index (χ1) is 14.1. The van der Waals surface area contributed by atoms with Crippen molar-refractivity contribution in [1.82, 2.24) is 10.2 Å². The van der Waals surface area contributed by atoms with Crippen LogP contribution in [0.3, 0.4) is 0 Å². The number of ether oxygens (including phenoxy) is 1. The van der Waals surface area contributed by atoms with E-state index in [0.717, 1.165) is 33.0 Å². The standard InChI is InChI=1S/C21H26N4O3S/c1-4-16-8-5-7-15(2)20(16)22-18(26)13-25(10-11-27-3)14-19-23-24-21(28-19)17-9-6-12-29-17/h5-9,12H,4,10-11,13-14H2,1-3H3,(H,22,26)/p+1. The van der Waals surface area contributed by atoms with Crippen molar-refractivity contribution in [3.8, 4) is 10.8 Å². The third kappa shape index (κ3) is 5.72. The summed E-state index contributed by atoms with van der Waals surface area (Å²) in [6.07, 6.45) is 0.866. The van der Waals surface area contributed by atoms with Gasteiger partial charge in [-0.2, -0.15) is 0 Å². The summed E-state index contributed by atoms with van der Waals surface area (Å²) < 4.78 is 11.0. The zero-order valence-corrected chi connectivity index (χ0v) is 17.8. The second-order valence-corrected chi connectivity index (χ2v) is 7.78. The topological polar surface area (TPSA) is 81.7 Å². The molecule has 1 atom stereocenters. The van der Waals surface area contributed by atoms with Gasteiger partial charge in [-0.05, 0) is 35.9 Å². The fraction of sp³-hybridized carbons (Fsp3) is 0.381. The number of rotatable bonds is 10. The minimum Gasteiger partial charge on any atom is -0.414 e. The number of nitrogens with zero attached hydrogens (tertiary/aromatic N) is 2. The number of carbonyl (C=O) groups excluding carboxylic acids is 1. The van der Waals surface area contributed by atoms with Crippen LogP contribution >= 0.6 is 11.3 Å². The summed E-state index contributed by atoms with van der Waals surface area (Å²) in [5.74, 6) is 0.980. The van der Waals surface area contributed by atoms with Crippen molar-refractivity contribution in [2.45, 2.75) is 26.8 Å². The molecule has 1 unspecified atom stereocenters. The molecule has 0 aliphatic heterocycles. The van der Waals surface area contributed by atoms with E-state index in [1.54, 1.807) is 18.4 Å². The van der Waals surface area contributed by atoms with E-state index < -0.39 is 0 Å². The van der Waals surface area contributed by atoms with Gasteiger partial charge in [-0.25, -0.2) is 0 Å². The number of methoxy groups -OCH3 is 1. The summed E-state index contributed by atoms with van der Waals surface area (Å²) in [5.41, 5.74) is 3.10. The predicted octanol–water partition coefficient (Wildman–Crippen LogP) is 2.34. The molecule has 0 aliphatic carbocycles. The molecule has 8 heteroatoms. The van der Waals surface area contributed by atoms with Crippen LogP contribution in [0.4, 0.5) is 5.69 Å². The lowest BCUT2D eigenvalue weighted by molar-refractivity contribution is -0.907. The SMILES string of the molecule is CCc1cccc(C)c1NC(=O)C[NH+](CCOC)Cc1nnc(-c2cccs2)o1. The van der Waals surface area contributed by atoms with Crippen molar-refractivity contribution in [1.29, 1.82) is 0 Å². The molecule has 0 fully saturated rings. The van der Waals surface area contributed by atoms with Crippen molar-refractivity contribution in [3.63, 3.8) is 0 Å². The fourth-order valence-corrected chi connectivity index (χ4v) is 3.78. The van der Waals surface area contributed by atoms with Crippen molar-refractivity contribution in [3.05, 3.63) is 52.7 Å². The number of amides is 1. The van der Waals surface area contributed by atoms with E-state index in [1.165, 1.54) is 0 Å². The van der Waals surface area contributed by atoms with Gasteiger partial charge in [0.15, 0.2) is 13.1 Å². The van der Waals surface area contributed by atoms with E-state index in [-0.39, 0.29) is 12.5 Å². The molecular formula is C21H27N4O3S+. The summed E-state index contributed by atoms with van der Waals surface area (Å²) in [6, 6.07) is 9.96. The summed E-state index contributed by atoms with van der Waals surface area (Å²) in [7, 11) is 1.65. The monoisotopic (exact) mass is 415 g/mol. The van der Waals surface area contributed by atoms with Crippen LogP contribution < -0.4 is 10.2 Å². The molecule has 0 saturated carbocycles. The van der Waals surface area contributed by atoms with Crippen LogP contribution in [0.25, 0.3) is 10.8 Å². The van der Waals surface area contributed by atoms with Gasteiger partial charge in [0.05, 0.1) is 11.5 Å². The van der Waals surface area contributed by atoms with E-state index in [2.05, 4.69) is 22.4 Å². The van der Waals surface area contributed by atoms with Crippen molar-refractivity contribution >= 4 is 22.9 Å². The van der Waals surface area contributed by atoms with Crippen molar-refractivity contribution in [2.24, 2.45) is 0 Å². The van der Waals surface area contributed by atoms with Crippen LogP contribution in [0.15, 0.2) is 40.1 Å². The zero-order valence-electron chi connectivity index (χ0n) is 17.0. The molecule has 0 radical (unpaired) electrons. The fourth-order valence-electron chi connectivity index (χ4n) is 3.14. The smallest absolute Gasteiger partial charge is 0.279 e. The molecule has 29 heavy (non-hydrogen) atoms. The highest BCUT2D eigenvalue weighted by Gasteiger charge is 2.20. The number of nitrogens with one attached hydrogen (secondary N) is 2. The number of benzene rings is 1. The number of aryl methyl sites for hydroxylation is 2. The highest BCUT2D eigenvalue weighted by molar-refractivity contribution is 7.13. The van der Waals surface area contributed by atoms with Crippen LogP contribution in [-0.4, -0.2) is 42.9 Å². The van der Waals surface area contributed by atoms with E-state index in [4.69, 9.17) is 9.15 Å². The maximum atomic E-state index is 12.8. The summed E-state index contributed by atoms with van der Waals surface area (Å²) in [6.45, 7) is 6.05. The number of para-hydroxylation sites is 1. The highest BCUT2D eigenvalue weighted by atomic mass is 32.1. The van der Waals surface area contributed by atoms with Gasteiger partial charge in [0.2, 0.25) is 0 Å². The van der Waals surface area contributed by atoms with Gasteiger partial charge in [0.25, 0.3) is 17.7 Å². The number of anilines is 1. The normalized spacial score (nSPS) is 12.1. The number of quaternary nitrogens is 1. The second-order valence-electron chi connectivity index (χ2n) is 6.84. The average Bonchev–Trinajstić information content (AvgIpc) is 3.39. The first kappa shape index (κ1) is 21.2. The largest absolute Gasteiger partial charge is 0.414 e. The average molecular weight is 416 g/mol. The Labute approximate surface area is 174 Å². The quantitative estimate of drug-likeness (QED) is 0.531. The summed E-state index contributed by atoms with van der Waals surface area (Å²) in [4.78, 5) is 14.7. The van der Waals surface area contributed by atoms with Crippen LogP contribution in [0.1, 0.15) is 23.9 Å². The number of carbonyl (C=O) groups is 1. The van der Waals surface area contributed by atoms with E-state index in [0.29, 0.717) is 31.5 Å². The molecule has 7 nitrogen and oxygen atoms in total. The molecule has 2 heterocycles. The first-order valence-electron chi connectivity index (χ1n) is 9.67. The Balaban J connectivity index is 1.67. The van der Waals surface area contributed by atoms with Crippen LogP contribution in [-0.2, 0) is 22.5 Å². The third-order valence-corrected chi connectivity index (χ3v) is 5.53. The molecule has 1 amide bonds. The predicted molar refractivity (Wildman–Crippen MR) is 113 cm³/mol. The Morgan fingerprint density at radius 2 is 2.14 bits per heavy atom. The molecule has 2 N–H and O–H groups in total. The summed E-state index contributed by atoms with van der Waals surface area (Å²) >= 11 is 1.55.